The first-order valence-electron chi connectivity index (χ1n) is 11.1. The van der Waals surface area contributed by atoms with Crippen molar-refractivity contribution in [3.05, 3.63) is 71.8 Å². The predicted octanol–water partition coefficient (Wildman–Crippen LogP) is 3.06. The van der Waals surface area contributed by atoms with Crippen molar-refractivity contribution in [3.63, 3.8) is 0 Å². The number of hydrogen-bond donors (Lipinski definition) is 3. The van der Waals surface area contributed by atoms with E-state index in [-0.39, 0.29) is 31.4 Å². The van der Waals surface area contributed by atoms with Crippen molar-refractivity contribution in [3.8, 4) is 0 Å². The number of methoxy groups -OCH3 is 1. The summed E-state index contributed by atoms with van der Waals surface area (Å²) in [6.45, 7) is 3.57. The maximum absolute atomic E-state index is 13.1. The maximum atomic E-state index is 13.1. The molecule has 2 unspecified atom stereocenters. The largest absolute Gasteiger partial charge is 0.394 e. The van der Waals surface area contributed by atoms with Gasteiger partial charge in [0.1, 0.15) is 6.10 Å². The van der Waals surface area contributed by atoms with Crippen LogP contribution in [0.25, 0.3) is 0 Å². The second kappa shape index (κ2) is 15.4. The van der Waals surface area contributed by atoms with Gasteiger partial charge in [0.05, 0.1) is 25.9 Å². The van der Waals surface area contributed by atoms with Gasteiger partial charge in [0.25, 0.3) is 0 Å². The number of aliphatic hydroxyl groups is 3. The van der Waals surface area contributed by atoms with Crippen LogP contribution in [0.5, 0.6) is 0 Å². The highest BCUT2D eigenvalue weighted by atomic mass is 16.5. The predicted molar refractivity (Wildman–Crippen MR) is 126 cm³/mol. The standard InChI is InChI=1S/C20H22O3.C6H14O4/c1-3-4-15-20(23-2,18(21)16-11-7-5-8-12-16)19(22)17-13-9-6-10-14-17;1-5(8)3-10-4-6(9)2-7/h5-14H,3-4,15H2,1-2H3;5-9H,2-4H2,1H3. The Morgan fingerprint density at radius 3 is 1.76 bits per heavy atom. The van der Waals surface area contributed by atoms with Gasteiger partial charge in [0, 0.05) is 18.2 Å². The van der Waals surface area contributed by atoms with E-state index < -0.39 is 17.8 Å². The molecule has 2 aromatic carbocycles. The first-order chi connectivity index (χ1) is 15.8. The highest BCUT2D eigenvalue weighted by Crippen LogP contribution is 2.28. The highest BCUT2D eigenvalue weighted by Gasteiger charge is 2.46. The lowest BCUT2D eigenvalue weighted by molar-refractivity contribution is -0.0201. The van der Waals surface area contributed by atoms with Gasteiger partial charge in [-0.3, -0.25) is 9.59 Å². The average Bonchev–Trinajstić information content (AvgIpc) is 2.85. The minimum absolute atomic E-state index is 0.0708. The Morgan fingerprint density at radius 1 is 0.909 bits per heavy atom. The summed E-state index contributed by atoms with van der Waals surface area (Å²) in [6, 6.07) is 17.7. The van der Waals surface area contributed by atoms with Crippen LogP contribution in [-0.2, 0) is 9.47 Å². The summed E-state index contributed by atoms with van der Waals surface area (Å²) in [7, 11) is 1.44. The van der Waals surface area contributed by atoms with Crippen molar-refractivity contribution in [2.75, 3.05) is 26.9 Å². The van der Waals surface area contributed by atoms with Crippen LogP contribution < -0.4 is 0 Å². The van der Waals surface area contributed by atoms with Crippen molar-refractivity contribution in [2.24, 2.45) is 0 Å². The van der Waals surface area contributed by atoms with Crippen molar-refractivity contribution in [2.45, 2.75) is 50.9 Å². The molecule has 7 heteroatoms. The first kappa shape index (κ1) is 28.6. The average molecular weight is 461 g/mol. The number of aliphatic hydroxyl groups excluding tert-OH is 3. The zero-order valence-electron chi connectivity index (χ0n) is 19.6. The van der Waals surface area contributed by atoms with E-state index >= 15 is 0 Å². The van der Waals surface area contributed by atoms with Gasteiger partial charge in [-0.15, -0.1) is 0 Å². The summed E-state index contributed by atoms with van der Waals surface area (Å²) >= 11 is 0. The first-order valence-corrected chi connectivity index (χ1v) is 11.1. The Kier molecular flexibility index (Phi) is 13.4. The molecule has 0 aliphatic heterocycles. The van der Waals surface area contributed by atoms with Crippen LogP contribution in [0.4, 0.5) is 0 Å². The second-order valence-electron chi connectivity index (χ2n) is 7.75. The summed E-state index contributed by atoms with van der Waals surface area (Å²) in [5.41, 5.74) is -0.469. The molecule has 33 heavy (non-hydrogen) atoms. The maximum Gasteiger partial charge on any atom is 0.202 e. The Balaban J connectivity index is 0.000000461. The second-order valence-corrected chi connectivity index (χ2v) is 7.75. The van der Waals surface area contributed by atoms with Crippen LogP contribution in [-0.4, -0.2) is 71.6 Å². The van der Waals surface area contributed by atoms with Crippen molar-refractivity contribution >= 4 is 11.6 Å². The van der Waals surface area contributed by atoms with E-state index in [1.54, 1.807) is 55.5 Å². The smallest absolute Gasteiger partial charge is 0.202 e. The molecule has 0 spiro atoms. The Labute approximate surface area is 196 Å². The van der Waals surface area contributed by atoms with Crippen molar-refractivity contribution in [1.82, 2.24) is 0 Å². The van der Waals surface area contributed by atoms with Gasteiger partial charge in [0.2, 0.25) is 11.6 Å². The molecule has 0 saturated carbocycles. The van der Waals surface area contributed by atoms with Crippen LogP contribution in [0.1, 0.15) is 53.8 Å². The van der Waals surface area contributed by atoms with Gasteiger partial charge < -0.3 is 24.8 Å². The molecule has 0 bridgehead atoms. The zero-order chi connectivity index (χ0) is 24.7. The number of benzene rings is 2. The third kappa shape index (κ3) is 9.15. The lowest BCUT2D eigenvalue weighted by Crippen LogP contribution is -2.48. The fourth-order valence-corrected chi connectivity index (χ4v) is 3.12. The Morgan fingerprint density at radius 2 is 1.39 bits per heavy atom. The molecule has 0 aromatic heterocycles. The van der Waals surface area contributed by atoms with E-state index in [1.165, 1.54) is 7.11 Å². The molecule has 0 aliphatic carbocycles. The normalized spacial score (nSPS) is 12.9. The summed E-state index contributed by atoms with van der Waals surface area (Å²) in [5, 5.41) is 25.7. The van der Waals surface area contributed by atoms with E-state index in [4.69, 9.17) is 24.8 Å². The number of ether oxygens (including phenoxy) is 2. The monoisotopic (exact) mass is 460 g/mol. The molecule has 2 rings (SSSR count). The van der Waals surface area contributed by atoms with E-state index in [1.807, 2.05) is 19.1 Å². The number of Topliss-reactive ketones (excluding diaryl/α,β-unsaturated/α-hetero) is 2. The fourth-order valence-electron chi connectivity index (χ4n) is 3.12. The van der Waals surface area contributed by atoms with Crippen LogP contribution in [0.2, 0.25) is 0 Å². The van der Waals surface area contributed by atoms with Gasteiger partial charge in [-0.25, -0.2) is 0 Å². The van der Waals surface area contributed by atoms with Crippen LogP contribution >= 0.6 is 0 Å². The molecule has 2 atom stereocenters. The van der Waals surface area contributed by atoms with Crippen LogP contribution in [0.3, 0.4) is 0 Å². The summed E-state index contributed by atoms with van der Waals surface area (Å²) in [5.74, 6) is -0.550. The third-order valence-corrected chi connectivity index (χ3v) is 4.92. The lowest BCUT2D eigenvalue weighted by Gasteiger charge is -2.29. The minimum atomic E-state index is -1.46. The topological polar surface area (TPSA) is 113 Å². The van der Waals surface area contributed by atoms with Crippen LogP contribution in [0.15, 0.2) is 60.7 Å². The van der Waals surface area contributed by atoms with Crippen molar-refractivity contribution in [1.29, 1.82) is 0 Å². The minimum Gasteiger partial charge on any atom is -0.394 e. The Hall–Kier alpha value is -2.42. The highest BCUT2D eigenvalue weighted by molar-refractivity contribution is 6.22. The molecule has 2 aromatic rings. The SMILES string of the molecule is CC(O)COCC(O)CO.CCCCC(OC)(C(=O)c1ccccc1)C(=O)c1ccccc1. The third-order valence-electron chi connectivity index (χ3n) is 4.92. The molecule has 182 valence electrons. The summed E-state index contributed by atoms with van der Waals surface area (Å²) in [4.78, 5) is 26.1. The number of unbranched alkanes of at least 4 members (excludes halogenated alkanes) is 1. The van der Waals surface area contributed by atoms with Gasteiger partial charge in [-0.1, -0.05) is 74.0 Å². The summed E-state index contributed by atoms with van der Waals surface area (Å²) in [6.07, 6.45) is 0.645. The molecular formula is C26H36O7. The quantitative estimate of drug-likeness (QED) is 0.311. The number of ketones is 2. The number of hydrogen-bond acceptors (Lipinski definition) is 7. The molecule has 0 aliphatic rings. The molecule has 0 amide bonds. The molecule has 0 saturated heterocycles. The van der Waals surface area contributed by atoms with Crippen molar-refractivity contribution < 1.29 is 34.4 Å². The molecular weight excluding hydrogens is 424 g/mol. The van der Waals surface area contributed by atoms with E-state index in [9.17, 15) is 9.59 Å². The van der Waals surface area contributed by atoms with Gasteiger partial charge in [0.15, 0.2) is 5.60 Å². The number of rotatable bonds is 13. The van der Waals surface area contributed by atoms with Crippen LogP contribution in [0, 0.1) is 0 Å². The molecule has 0 radical (unpaired) electrons. The Bertz CT molecular complexity index is 754. The summed E-state index contributed by atoms with van der Waals surface area (Å²) < 4.78 is 10.4. The number of carbonyl (C=O) groups excluding carboxylic acids is 2. The zero-order valence-corrected chi connectivity index (χ0v) is 19.6. The molecule has 7 nitrogen and oxygen atoms in total. The molecule has 0 fully saturated rings. The lowest BCUT2D eigenvalue weighted by atomic mass is 9.81. The van der Waals surface area contributed by atoms with Gasteiger partial charge >= 0.3 is 0 Å². The van der Waals surface area contributed by atoms with Gasteiger partial charge in [-0.2, -0.15) is 0 Å². The van der Waals surface area contributed by atoms with E-state index in [2.05, 4.69) is 0 Å². The molecule has 0 heterocycles. The van der Waals surface area contributed by atoms with Gasteiger partial charge in [-0.05, 0) is 19.8 Å². The fraction of sp³-hybridized carbons (Fsp3) is 0.462. The molecule has 3 N–H and O–H groups in total. The number of carbonyl (C=O) groups is 2. The van der Waals surface area contributed by atoms with E-state index in [0.717, 1.165) is 12.8 Å². The van der Waals surface area contributed by atoms with E-state index in [0.29, 0.717) is 17.5 Å².